The Morgan fingerprint density at radius 2 is 1.83 bits per heavy atom. The van der Waals surface area contributed by atoms with E-state index in [-0.39, 0.29) is 12.3 Å². The summed E-state index contributed by atoms with van der Waals surface area (Å²) in [4.78, 5) is 40.4. The standard InChI is InChI=1S/C23H23N3O3S/c1-14-8-5-6-9-18(14)26-15(2)12-17(16(26)3)19(27)13-25-21(28)23(4,24-22(25)29)20-10-7-11-30-20/h5-12H,13H2,1-4H3,(H,24,29). The van der Waals surface area contributed by atoms with Gasteiger partial charge < -0.3 is 9.88 Å². The van der Waals surface area contributed by atoms with Crippen molar-refractivity contribution in [3.8, 4) is 5.69 Å². The summed E-state index contributed by atoms with van der Waals surface area (Å²) in [7, 11) is 0. The average Bonchev–Trinajstić information content (AvgIpc) is 3.39. The van der Waals surface area contributed by atoms with Crippen LogP contribution >= 0.6 is 11.3 Å². The quantitative estimate of drug-likeness (QED) is 0.498. The van der Waals surface area contributed by atoms with Crippen molar-refractivity contribution >= 4 is 29.1 Å². The van der Waals surface area contributed by atoms with Crippen molar-refractivity contribution in [1.82, 2.24) is 14.8 Å². The lowest BCUT2D eigenvalue weighted by Crippen LogP contribution is -2.40. The van der Waals surface area contributed by atoms with Gasteiger partial charge in [-0.05, 0) is 56.8 Å². The Kier molecular flexibility index (Phi) is 4.86. The molecular formula is C23H23N3O3S. The number of nitrogens with one attached hydrogen (secondary N) is 1. The van der Waals surface area contributed by atoms with E-state index in [2.05, 4.69) is 5.32 Å². The lowest BCUT2D eigenvalue weighted by molar-refractivity contribution is -0.130. The second-order valence-electron chi connectivity index (χ2n) is 7.75. The number of ketones is 1. The Morgan fingerprint density at radius 3 is 2.50 bits per heavy atom. The number of thiophene rings is 1. The molecule has 6 nitrogen and oxygen atoms in total. The highest BCUT2D eigenvalue weighted by atomic mass is 32.1. The molecule has 1 fully saturated rings. The number of imide groups is 1. The molecule has 1 atom stereocenters. The van der Waals surface area contributed by atoms with Crippen LogP contribution in [0.5, 0.6) is 0 Å². The topological polar surface area (TPSA) is 71.4 Å². The maximum absolute atomic E-state index is 13.1. The van der Waals surface area contributed by atoms with Gasteiger partial charge in [-0.15, -0.1) is 11.3 Å². The molecule has 0 bridgehead atoms. The molecule has 154 valence electrons. The summed E-state index contributed by atoms with van der Waals surface area (Å²) < 4.78 is 2.03. The second-order valence-corrected chi connectivity index (χ2v) is 8.70. The van der Waals surface area contributed by atoms with Gasteiger partial charge in [0.15, 0.2) is 11.3 Å². The normalized spacial score (nSPS) is 18.7. The molecule has 1 saturated heterocycles. The molecule has 1 unspecified atom stereocenters. The molecule has 4 rings (SSSR count). The molecule has 30 heavy (non-hydrogen) atoms. The highest BCUT2D eigenvalue weighted by Crippen LogP contribution is 2.32. The van der Waals surface area contributed by atoms with Crippen LogP contribution in [0.15, 0.2) is 47.8 Å². The Morgan fingerprint density at radius 1 is 1.10 bits per heavy atom. The summed E-state index contributed by atoms with van der Waals surface area (Å²) in [5.41, 5.74) is 3.20. The van der Waals surface area contributed by atoms with E-state index in [0.717, 1.165) is 32.4 Å². The molecule has 3 heterocycles. The van der Waals surface area contributed by atoms with Crippen LogP contribution in [0.2, 0.25) is 0 Å². The van der Waals surface area contributed by atoms with Crippen molar-refractivity contribution < 1.29 is 14.4 Å². The minimum atomic E-state index is -1.14. The van der Waals surface area contributed by atoms with Gasteiger partial charge in [-0.3, -0.25) is 14.5 Å². The van der Waals surface area contributed by atoms with Crippen LogP contribution < -0.4 is 5.32 Å². The van der Waals surface area contributed by atoms with Crippen molar-refractivity contribution in [2.75, 3.05) is 6.54 Å². The van der Waals surface area contributed by atoms with Crippen molar-refractivity contribution in [1.29, 1.82) is 0 Å². The summed E-state index contributed by atoms with van der Waals surface area (Å²) in [6, 6.07) is 12.9. The fourth-order valence-corrected chi connectivity index (χ4v) is 4.86. The van der Waals surface area contributed by atoms with Gasteiger partial charge in [0, 0.05) is 27.5 Å². The van der Waals surface area contributed by atoms with Crippen molar-refractivity contribution in [3.05, 3.63) is 75.2 Å². The highest BCUT2D eigenvalue weighted by molar-refractivity contribution is 7.10. The van der Waals surface area contributed by atoms with Crippen LogP contribution in [0.4, 0.5) is 4.79 Å². The number of Topliss-reactive ketones (excluding diaryl/α,β-unsaturated/α-hetero) is 1. The number of aromatic nitrogens is 1. The number of aryl methyl sites for hydroxylation is 2. The molecular weight excluding hydrogens is 398 g/mol. The van der Waals surface area contributed by atoms with Crippen LogP contribution in [0.1, 0.15) is 39.1 Å². The number of para-hydroxylation sites is 1. The first-order valence-corrected chi connectivity index (χ1v) is 10.6. The first kappa shape index (κ1) is 20.1. The van der Waals surface area contributed by atoms with Gasteiger partial charge in [0.25, 0.3) is 5.91 Å². The lowest BCUT2D eigenvalue weighted by atomic mass is 10.0. The van der Waals surface area contributed by atoms with Gasteiger partial charge in [-0.25, -0.2) is 4.79 Å². The predicted molar refractivity (Wildman–Crippen MR) is 116 cm³/mol. The Hall–Kier alpha value is -3.19. The third-order valence-corrected chi connectivity index (χ3v) is 6.77. The smallest absolute Gasteiger partial charge is 0.319 e. The van der Waals surface area contributed by atoms with Crippen LogP contribution in [0, 0.1) is 20.8 Å². The number of amides is 3. The summed E-state index contributed by atoms with van der Waals surface area (Å²) in [5.74, 6) is -0.669. The summed E-state index contributed by atoms with van der Waals surface area (Å²) in [6.45, 7) is 7.23. The lowest BCUT2D eigenvalue weighted by Gasteiger charge is -2.19. The van der Waals surface area contributed by atoms with Gasteiger partial charge in [-0.2, -0.15) is 0 Å². The zero-order chi connectivity index (χ0) is 21.6. The number of carbonyl (C=O) groups excluding carboxylic acids is 3. The number of carbonyl (C=O) groups is 3. The highest BCUT2D eigenvalue weighted by Gasteiger charge is 2.50. The number of nitrogens with zero attached hydrogens (tertiary/aromatic N) is 2. The maximum Gasteiger partial charge on any atom is 0.325 e. The minimum absolute atomic E-state index is 0.262. The number of benzene rings is 1. The van der Waals surface area contributed by atoms with Gasteiger partial charge in [0.2, 0.25) is 0 Å². The van der Waals surface area contributed by atoms with E-state index in [1.54, 1.807) is 6.92 Å². The van der Waals surface area contributed by atoms with E-state index < -0.39 is 17.5 Å². The van der Waals surface area contributed by atoms with Crippen LogP contribution in [-0.2, 0) is 10.3 Å². The monoisotopic (exact) mass is 421 g/mol. The second kappa shape index (κ2) is 7.25. The van der Waals surface area contributed by atoms with Gasteiger partial charge in [-0.1, -0.05) is 24.3 Å². The maximum atomic E-state index is 13.1. The third-order valence-electron chi connectivity index (χ3n) is 5.68. The van der Waals surface area contributed by atoms with E-state index in [9.17, 15) is 14.4 Å². The molecule has 1 aromatic carbocycles. The van der Waals surface area contributed by atoms with Gasteiger partial charge in [0.05, 0.1) is 6.54 Å². The molecule has 1 aliphatic heterocycles. The molecule has 0 aliphatic carbocycles. The van der Waals surface area contributed by atoms with E-state index >= 15 is 0 Å². The summed E-state index contributed by atoms with van der Waals surface area (Å²) in [5, 5.41) is 4.60. The van der Waals surface area contributed by atoms with Crippen LogP contribution in [0.3, 0.4) is 0 Å². The van der Waals surface area contributed by atoms with Gasteiger partial charge in [0.1, 0.15) is 0 Å². The molecule has 1 N–H and O–H groups in total. The first-order chi connectivity index (χ1) is 14.2. The Bertz CT molecular complexity index is 1160. The van der Waals surface area contributed by atoms with E-state index in [0.29, 0.717) is 5.56 Å². The van der Waals surface area contributed by atoms with E-state index in [1.165, 1.54) is 11.3 Å². The minimum Gasteiger partial charge on any atom is -0.319 e. The SMILES string of the molecule is Cc1ccccc1-n1c(C)cc(C(=O)CN2C(=O)NC(C)(c3cccs3)C2=O)c1C. The molecule has 3 aromatic rings. The van der Waals surface area contributed by atoms with E-state index in [1.807, 2.05) is 73.2 Å². The molecule has 3 amide bonds. The number of hydrogen-bond acceptors (Lipinski definition) is 4. The van der Waals surface area contributed by atoms with Crippen LogP contribution in [0.25, 0.3) is 5.69 Å². The fourth-order valence-electron chi connectivity index (χ4n) is 4.03. The largest absolute Gasteiger partial charge is 0.325 e. The molecule has 0 radical (unpaired) electrons. The molecule has 0 saturated carbocycles. The van der Waals surface area contributed by atoms with Gasteiger partial charge >= 0.3 is 6.03 Å². The zero-order valence-electron chi connectivity index (χ0n) is 17.4. The number of rotatable bonds is 5. The first-order valence-electron chi connectivity index (χ1n) is 9.70. The molecule has 7 heteroatoms. The summed E-state index contributed by atoms with van der Waals surface area (Å²) in [6.07, 6.45) is 0. The Balaban J connectivity index is 1.63. The fraction of sp³-hybridized carbons (Fsp3) is 0.261. The molecule has 1 aliphatic rings. The average molecular weight is 422 g/mol. The van der Waals surface area contributed by atoms with Crippen molar-refractivity contribution in [2.24, 2.45) is 0 Å². The zero-order valence-corrected chi connectivity index (χ0v) is 18.2. The predicted octanol–water partition coefficient (Wildman–Crippen LogP) is 4.11. The number of urea groups is 1. The molecule has 2 aromatic heterocycles. The third kappa shape index (κ3) is 3.06. The Labute approximate surface area is 179 Å². The van der Waals surface area contributed by atoms with Crippen LogP contribution in [-0.4, -0.2) is 33.7 Å². The van der Waals surface area contributed by atoms with Crippen molar-refractivity contribution in [2.45, 2.75) is 33.2 Å². The van der Waals surface area contributed by atoms with E-state index in [4.69, 9.17) is 0 Å². The molecule has 0 spiro atoms. The van der Waals surface area contributed by atoms with Crippen molar-refractivity contribution in [3.63, 3.8) is 0 Å². The number of hydrogen-bond donors (Lipinski definition) is 1. The summed E-state index contributed by atoms with van der Waals surface area (Å²) >= 11 is 1.40.